The first-order chi connectivity index (χ1) is 12.7. The van der Waals surface area contributed by atoms with Crippen molar-refractivity contribution in [3.63, 3.8) is 0 Å². The minimum absolute atomic E-state index is 0.0685. The molecule has 1 N–H and O–H groups in total. The number of carbonyl (C=O) groups is 1. The van der Waals surface area contributed by atoms with Gasteiger partial charge in [0, 0.05) is 16.4 Å². The Kier molecular flexibility index (Phi) is 4.93. The van der Waals surface area contributed by atoms with Crippen molar-refractivity contribution in [1.29, 1.82) is 0 Å². The third kappa shape index (κ3) is 3.47. The second kappa shape index (κ2) is 7.50. The summed E-state index contributed by atoms with van der Waals surface area (Å²) >= 11 is 6.19. The van der Waals surface area contributed by atoms with Crippen LogP contribution in [-0.2, 0) is 0 Å². The summed E-state index contributed by atoms with van der Waals surface area (Å²) in [5.74, 6) is -0.0685. The molecule has 4 nitrogen and oxygen atoms in total. The monoisotopic (exact) mass is 367 g/mol. The van der Waals surface area contributed by atoms with Gasteiger partial charge in [-0.15, -0.1) is 0 Å². The van der Waals surface area contributed by atoms with E-state index in [-0.39, 0.29) is 12.1 Å². The number of hydrogen-bond donors (Lipinski definition) is 1. The zero-order valence-electron chi connectivity index (χ0n) is 14.6. The molecule has 1 aliphatic heterocycles. The molecule has 0 aromatic heterocycles. The summed E-state index contributed by atoms with van der Waals surface area (Å²) in [6.45, 7) is 0. The maximum atomic E-state index is 13.2. The van der Waals surface area contributed by atoms with Crippen LogP contribution in [0.1, 0.15) is 60.6 Å². The molecule has 0 bridgehead atoms. The van der Waals surface area contributed by atoms with Gasteiger partial charge in [0.25, 0.3) is 5.91 Å². The maximum Gasteiger partial charge on any atom is 0.278 e. The van der Waals surface area contributed by atoms with Gasteiger partial charge in [0.15, 0.2) is 6.17 Å². The van der Waals surface area contributed by atoms with E-state index in [2.05, 4.69) is 5.32 Å². The van der Waals surface area contributed by atoms with E-state index in [1.165, 1.54) is 12.8 Å². The van der Waals surface area contributed by atoms with Gasteiger partial charge in [0.2, 0.25) is 0 Å². The molecule has 1 amide bonds. The first kappa shape index (κ1) is 17.1. The Bertz CT molecular complexity index is 839. The minimum atomic E-state index is -0.355. The standard InChI is InChI=1S/C21H22ClN3O/c22-16-9-7-8-15(14-16)20-23-19-13-6-5-12-18(19)21(26)25(20)24-17-10-3-1-2-4-11-17/h5-9,12-14,20,23H,1-4,10-11H2/t20-/m1/s1. The van der Waals surface area contributed by atoms with Crippen LogP contribution in [0.15, 0.2) is 53.6 Å². The molecule has 5 heteroatoms. The van der Waals surface area contributed by atoms with Crippen molar-refractivity contribution in [2.45, 2.75) is 44.7 Å². The van der Waals surface area contributed by atoms with Crippen molar-refractivity contribution in [3.05, 3.63) is 64.7 Å². The number of benzene rings is 2. The molecule has 1 fully saturated rings. The number of amides is 1. The quantitative estimate of drug-likeness (QED) is 0.700. The van der Waals surface area contributed by atoms with Crippen LogP contribution in [0.2, 0.25) is 5.02 Å². The number of halogens is 1. The lowest BCUT2D eigenvalue weighted by Crippen LogP contribution is -2.40. The summed E-state index contributed by atoms with van der Waals surface area (Å²) in [6, 6.07) is 15.2. The van der Waals surface area contributed by atoms with Gasteiger partial charge < -0.3 is 5.32 Å². The molecule has 1 heterocycles. The summed E-state index contributed by atoms with van der Waals surface area (Å²) in [5, 5.41) is 10.5. The van der Waals surface area contributed by atoms with Crippen molar-refractivity contribution >= 4 is 28.9 Å². The van der Waals surface area contributed by atoms with Gasteiger partial charge in [-0.2, -0.15) is 5.10 Å². The minimum Gasteiger partial charge on any atom is -0.359 e. The largest absolute Gasteiger partial charge is 0.359 e. The van der Waals surface area contributed by atoms with Crippen LogP contribution in [0.25, 0.3) is 0 Å². The molecule has 0 spiro atoms. The zero-order chi connectivity index (χ0) is 17.9. The van der Waals surface area contributed by atoms with Crippen LogP contribution in [0.5, 0.6) is 0 Å². The van der Waals surface area contributed by atoms with E-state index in [1.807, 2.05) is 48.5 Å². The first-order valence-corrected chi connectivity index (χ1v) is 9.61. The lowest BCUT2D eigenvalue weighted by molar-refractivity contribution is 0.0688. The lowest BCUT2D eigenvalue weighted by Gasteiger charge is -2.35. The molecule has 1 aliphatic carbocycles. The predicted molar refractivity (Wildman–Crippen MR) is 106 cm³/mol. The van der Waals surface area contributed by atoms with Crippen molar-refractivity contribution in [3.8, 4) is 0 Å². The summed E-state index contributed by atoms with van der Waals surface area (Å²) in [6.07, 6.45) is 6.35. The second-order valence-electron chi connectivity index (χ2n) is 6.88. The number of para-hydroxylation sites is 1. The second-order valence-corrected chi connectivity index (χ2v) is 7.31. The molecule has 0 radical (unpaired) electrons. The summed E-state index contributed by atoms with van der Waals surface area (Å²) in [7, 11) is 0. The predicted octanol–water partition coefficient (Wildman–Crippen LogP) is 5.62. The zero-order valence-corrected chi connectivity index (χ0v) is 15.4. The van der Waals surface area contributed by atoms with E-state index >= 15 is 0 Å². The van der Waals surface area contributed by atoms with Crippen molar-refractivity contribution in [2.75, 3.05) is 5.32 Å². The van der Waals surface area contributed by atoms with E-state index in [4.69, 9.17) is 16.7 Å². The Morgan fingerprint density at radius 1 is 1.00 bits per heavy atom. The topological polar surface area (TPSA) is 44.7 Å². The highest BCUT2D eigenvalue weighted by Crippen LogP contribution is 2.34. The first-order valence-electron chi connectivity index (χ1n) is 9.23. The highest BCUT2D eigenvalue weighted by molar-refractivity contribution is 6.30. The molecule has 26 heavy (non-hydrogen) atoms. The molecule has 0 unspecified atom stereocenters. The van der Waals surface area contributed by atoms with E-state index < -0.39 is 0 Å². The number of rotatable bonds is 2. The summed E-state index contributed by atoms with van der Waals surface area (Å²) in [4.78, 5) is 13.2. The van der Waals surface area contributed by atoms with Crippen LogP contribution in [-0.4, -0.2) is 16.6 Å². The Labute approximate surface area is 158 Å². The third-order valence-corrected chi connectivity index (χ3v) is 5.23. The molecule has 4 rings (SSSR count). The van der Waals surface area contributed by atoms with Crippen LogP contribution in [0.3, 0.4) is 0 Å². The number of fused-ring (bicyclic) bond motifs is 1. The van der Waals surface area contributed by atoms with E-state index in [0.717, 1.165) is 42.6 Å². The smallest absolute Gasteiger partial charge is 0.278 e. The van der Waals surface area contributed by atoms with Crippen LogP contribution >= 0.6 is 11.6 Å². The average Bonchev–Trinajstić information content (AvgIpc) is 2.93. The van der Waals surface area contributed by atoms with Crippen LogP contribution < -0.4 is 5.32 Å². The maximum absolute atomic E-state index is 13.2. The third-order valence-electron chi connectivity index (χ3n) is 5.00. The van der Waals surface area contributed by atoms with Gasteiger partial charge in [0.05, 0.1) is 5.56 Å². The Morgan fingerprint density at radius 3 is 2.54 bits per heavy atom. The number of nitrogens with one attached hydrogen (secondary N) is 1. The van der Waals surface area contributed by atoms with Crippen molar-refractivity contribution in [2.24, 2.45) is 5.10 Å². The van der Waals surface area contributed by atoms with Gasteiger partial charge in [0.1, 0.15) is 0 Å². The molecular weight excluding hydrogens is 346 g/mol. The van der Waals surface area contributed by atoms with Crippen LogP contribution in [0, 0.1) is 0 Å². The number of nitrogens with zero attached hydrogens (tertiary/aromatic N) is 2. The SMILES string of the molecule is O=C1c2ccccc2N[C@@H](c2cccc(Cl)c2)N1N=C1CCCCCC1. The van der Waals surface area contributed by atoms with Gasteiger partial charge in [-0.3, -0.25) is 4.79 Å². The summed E-state index contributed by atoms with van der Waals surface area (Å²) in [5.41, 5.74) is 3.53. The van der Waals surface area contributed by atoms with Crippen LogP contribution in [0.4, 0.5) is 5.69 Å². The molecule has 1 atom stereocenters. The molecule has 2 aliphatic rings. The highest BCUT2D eigenvalue weighted by Gasteiger charge is 2.33. The van der Waals surface area contributed by atoms with E-state index in [1.54, 1.807) is 5.01 Å². The van der Waals surface area contributed by atoms with E-state index in [0.29, 0.717) is 10.6 Å². The number of hydrazone groups is 1. The van der Waals surface area contributed by atoms with Gasteiger partial charge in [-0.25, -0.2) is 5.01 Å². The Morgan fingerprint density at radius 2 is 1.77 bits per heavy atom. The van der Waals surface area contributed by atoms with Crippen molar-refractivity contribution in [1.82, 2.24) is 5.01 Å². The highest BCUT2D eigenvalue weighted by atomic mass is 35.5. The lowest BCUT2D eigenvalue weighted by atomic mass is 10.0. The fourth-order valence-electron chi connectivity index (χ4n) is 3.64. The molecule has 2 aromatic carbocycles. The van der Waals surface area contributed by atoms with Gasteiger partial charge >= 0.3 is 0 Å². The Balaban J connectivity index is 1.76. The Hall–Kier alpha value is -2.33. The molecule has 134 valence electrons. The summed E-state index contributed by atoms with van der Waals surface area (Å²) < 4.78 is 0. The molecule has 0 saturated heterocycles. The van der Waals surface area contributed by atoms with E-state index in [9.17, 15) is 4.79 Å². The van der Waals surface area contributed by atoms with Crippen molar-refractivity contribution < 1.29 is 4.79 Å². The van der Waals surface area contributed by atoms with Gasteiger partial charge in [-0.1, -0.05) is 48.7 Å². The molecular formula is C21H22ClN3O. The fraction of sp³-hybridized carbons (Fsp3) is 0.333. The molecule has 1 saturated carbocycles. The number of carbonyl (C=O) groups excluding carboxylic acids is 1. The fourth-order valence-corrected chi connectivity index (χ4v) is 3.84. The number of hydrogen-bond acceptors (Lipinski definition) is 3. The molecule has 2 aromatic rings. The normalized spacial score (nSPS) is 20.2. The number of anilines is 1. The average molecular weight is 368 g/mol. The van der Waals surface area contributed by atoms with Gasteiger partial charge in [-0.05, 0) is 55.5 Å².